The molecule has 0 amide bonds. The summed E-state index contributed by atoms with van der Waals surface area (Å²) in [4.78, 5) is 26.4. The van der Waals surface area contributed by atoms with Crippen LogP contribution in [0.1, 0.15) is 28.4 Å². The van der Waals surface area contributed by atoms with Gasteiger partial charge in [0.05, 0.1) is 14.2 Å². The van der Waals surface area contributed by atoms with Crippen molar-refractivity contribution in [1.82, 2.24) is 4.98 Å². The van der Waals surface area contributed by atoms with Crippen LogP contribution in [0.15, 0.2) is 35.3 Å². The Morgan fingerprint density at radius 3 is 2.61 bits per heavy atom. The third-order valence-corrected chi connectivity index (χ3v) is 3.44. The van der Waals surface area contributed by atoms with Crippen LogP contribution in [0.2, 0.25) is 0 Å². The van der Waals surface area contributed by atoms with Gasteiger partial charge in [-0.2, -0.15) is 0 Å². The highest BCUT2D eigenvalue weighted by Gasteiger charge is 2.14. The topological polar surface area (TPSA) is 77.6 Å². The minimum absolute atomic E-state index is 0.00178. The van der Waals surface area contributed by atoms with Crippen molar-refractivity contribution in [3.05, 3.63) is 57.5 Å². The van der Waals surface area contributed by atoms with E-state index in [0.717, 1.165) is 5.56 Å². The molecule has 6 heteroatoms. The molecule has 0 aliphatic rings. The van der Waals surface area contributed by atoms with Crippen molar-refractivity contribution in [2.75, 3.05) is 14.2 Å². The Balaban J connectivity index is 2.15. The fraction of sp³-hybridized carbons (Fsp3) is 0.294. The molecule has 0 saturated carbocycles. The summed E-state index contributed by atoms with van der Waals surface area (Å²) in [6.45, 7) is 1.94. The van der Waals surface area contributed by atoms with Gasteiger partial charge in [0.2, 0.25) is 0 Å². The van der Waals surface area contributed by atoms with Crippen LogP contribution >= 0.6 is 0 Å². The fourth-order valence-electron chi connectivity index (χ4n) is 2.08. The zero-order chi connectivity index (χ0) is 16.8. The van der Waals surface area contributed by atoms with Crippen molar-refractivity contribution < 1.29 is 19.0 Å². The lowest BCUT2D eigenvalue weighted by Gasteiger charge is -2.11. The standard InChI is InChI=1S/C17H19NO5/c1-4-11-7-14(16(19)18-9-11)17(20)23-10-12-5-6-13(21-2)8-15(12)22-3/h5-9H,4,10H2,1-3H3,(H,18,19). The average molecular weight is 317 g/mol. The van der Waals surface area contributed by atoms with E-state index in [1.807, 2.05) is 6.92 Å². The second-order valence-corrected chi connectivity index (χ2v) is 4.86. The van der Waals surface area contributed by atoms with Crippen LogP contribution in [0.25, 0.3) is 0 Å². The number of H-pyrrole nitrogens is 1. The number of aromatic amines is 1. The lowest BCUT2D eigenvalue weighted by molar-refractivity contribution is 0.0468. The number of aryl methyl sites for hydroxylation is 1. The van der Waals surface area contributed by atoms with Gasteiger partial charge in [-0.05, 0) is 30.2 Å². The van der Waals surface area contributed by atoms with E-state index in [4.69, 9.17) is 14.2 Å². The minimum atomic E-state index is -0.667. The van der Waals surface area contributed by atoms with Gasteiger partial charge in [-0.3, -0.25) is 4.79 Å². The van der Waals surface area contributed by atoms with Crippen molar-refractivity contribution >= 4 is 5.97 Å². The quantitative estimate of drug-likeness (QED) is 0.827. The van der Waals surface area contributed by atoms with E-state index in [9.17, 15) is 9.59 Å². The summed E-state index contributed by atoms with van der Waals surface area (Å²) >= 11 is 0. The highest BCUT2D eigenvalue weighted by Crippen LogP contribution is 2.25. The molecule has 1 aromatic carbocycles. The largest absolute Gasteiger partial charge is 0.497 e. The van der Waals surface area contributed by atoms with Crippen LogP contribution in [-0.4, -0.2) is 25.2 Å². The van der Waals surface area contributed by atoms with Gasteiger partial charge in [0.1, 0.15) is 23.7 Å². The second kappa shape index (κ2) is 7.49. The van der Waals surface area contributed by atoms with Crippen molar-refractivity contribution in [1.29, 1.82) is 0 Å². The zero-order valence-electron chi connectivity index (χ0n) is 13.3. The zero-order valence-corrected chi connectivity index (χ0v) is 13.3. The first-order chi connectivity index (χ1) is 11.1. The normalized spacial score (nSPS) is 10.2. The van der Waals surface area contributed by atoms with Crippen molar-refractivity contribution in [2.45, 2.75) is 20.0 Å². The highest BCUT2D eigenvalue weighted by molar-refractivity contribution is 5.89. The summed E-state index contributed by atoms with van der Waals surface area (Å²) in [5, 5.41) is 0. The van der Waals surface area contributed by atoms with Gasteiger partial charge >= 0.3 is 5.97 Å². The number of ether oxygens (including phenoxy) is 3. The first-order valence-corrected chi connectivity index (χ1v) is 7.18. The maximum atomic E-state index is 12.1. The first-order valence-electron chi connectivity index (χ1n) is 7.18. The molecular weight excluding hydrogens is 298 g/mol. The summed E-state index contributed by atoms with van der Waals surface area (Å²) < 4.78 is 15.6. The van der Waals surface area contributed by atoms with Crippen LogP contribution in [0.5, 0.6) is 11.5 Å². The van der Waals surface area contributed by atoms with Gasteiger partial charge < -0.3 is 19.2 Å². The molecule has 0 radical (unpaired) electrons. The Morgan fingerprint density at radius 1 is 1.17 bits per heavy atom. The molecular formula is C17H19NO5. The summed E-state index contributed by atoms with van der Waals surface area (Å²) in [6.07, 6.45) is 2.30. The number of hydrogen-bond acceptors (Lipinski definition) is 5. The summed E-state index contributed by atoms with van der Waals surface area (Å²) in [5.41, 5.74) is 1.08. The van der Waals surface area contributed by atoms with E-state index in [1.54, 1.807) is 37.6 Å². The molecule has 0 fully saturated rings. The van der Waals surface area contributed by atoms with Gasteiger partial charge in [0.15, 0.2) is 0 Å². The number of hydrogen-bond donors (Lipinski definition) is 1. The predicted molar refractivity (Wildman–Crippen MR) is 85.1 cm³/mol. The van der Waals surface area contributed by atoms with E-state index in [2.05, 4.69) is 4.98 Å². The summed E-state index contributed by atoms with van der Waals surface area (Å²) in [6, 6.07) is 6.74. The van der Waals surface area contributed by atoms with Crippen molar-refractivity contribution in [3.63, 3.8) is 0 Å². The third kappa shape index (κ3) is 3.91. The van der Waals surface area contributed by atoms with E-state index in [1.165, 1.54) is 7.11 Å². The maximum Gasteiger partial charge on any atom is 0.344 e. The van der Waals surface area contributed by atoms with E-state index in [-0.39, 0.29) is 12.2 Å². The highest BCUT2D eigenvalue weighted by atomic mass is 16.5. The second-order valence-electron chi connectivity index (χ2n) is 4.86. The number of benzene rings is 1. The van der Waals surface area contributed by atoms with Gasteiger partial charge in [-0.1, -0.05) is 6.92 Å². The van der Waals surface area contributed by atoms with Crippen molar-refractivity contribution in [2.24, 2.45) is 0 Å². The molecule has 23 heavy (non-hydrogen) atoms. The molecule has 1 aromatic heterocycles. The number of rotatable bonds is 6. The van der Waals surface area contributed by atoms with Crippen LogP contribution in [0, 0.1) is 0 Å². The first kappa shape index (κ1) is 16.6. The Hall–Kier alpha value is -2.76. The Morgan fingerprint density at radius 2 is 1.96 bits per heavy atom. The number of aromatic nitrogens is 1. The Kier molecular flexibility index (Phi) is 5.41. The van der Waals surface area contributed by atoms with Gasteiger partial charge in [-0.15, -0.1) is 0 Å². The molecule has 6 nitrogen and oxygen atoms in total. The molecule has 0 bridgehead atoms. The fourth-order valence-corrected chi connectivity index (χ4v) is 2.08. The lowest BCUT2D eigenvalue weighted by atomic mass is 10.1. The van der Waals surface area contributed by atoms with Crippen LogP contribution in [0.4, 0.5) is 0 Å². The number of carbonyl (C=O) groups excluding carboxylic acids is 1. The van der Waals surface area contributed by atoms with E-state index >= 15 is 0 Å². The molecule has 0 aliphatic heterocycles. The molecule has 0 spiro atoms. The molecule has 2 rings (SSSR count). The molecule has 2 aromatic rings. The monoisotopic (exact) mass is 317 g/mol. The van der Waals surface area contributed by atoms with Crippen LogP contribution in [0.3, 0.4) is 0 Å². The molecule has 0 atom stereocenters. The van der Waals surface area contributed by atoms with Gasteiger partial charge in [0.25, 0.3) is 5.56 Å². The third-order valence-electron chi connectivity index (χ3n) is 3.44. The molecule has 1 N–H and O–H groups in total. The van der Waals surface area contributed by atoms with E-state index < -0.39 is 11.5 Å². The average Bonchev–Trinajstić information content (AvgIpc) is 2.59. The number of esters is 1. The number of carbonyl (C=O) groups is 1. The summed E-state index contributed by atoms with van der Waals surface area (Å²) in [7, 11) is 3.08. The molecule has 0 aliphatic carbocycles. The Bertz CT molecular complexity index is 751. The molecule has 122 valence electrons. The molecule has 0 unspecified atom stereocenters. The van der Waals surface area contributed by atoms with Crippen molar-refractivity contribution in [3.8, 4) is 11.5 Å². The molecule has 0 saturated heterocycles. The SMILES string of the molecule is CCc1c[nH]c(=O)c(C(=O)OCc2ccc(OC)cc2OC)c1. The lowest BCUT2D eigenvalue weighted by Crippen LogP contribution is -2.20. The van der Waals surface area contributed by atoms with Gasteiger partial charge in [-0.25, -0.2) is 4.79 Å². The number of methoxy groups -OCH3 is 2. The summed E-state index contributed by atoms with van der Waals surface area (Å²) in [5.74, 6) is 0.525. The number of nitrogens with one attached hydrogen (secondary N) is 1. The van der Waals surface area contributed by atoms with Crippen LogP contribution in [-0.2, 0) is 17.8 Å². The van der Waals surface area contributed by atoms with Crippen LogP contribution < -0.4 is 15.0 Å². The van der Waals surface area contributed by atoms with E-state index in [0.29, 0.717) is 23.5 Å². The number of pyridine rings is 1. The predicted octanol–water partition coefficient (Wildman–Crippen LogP) is 2.31. The minimum Gasteiger partial charge on any atom is -0.497 e. The maximum absolute atomic E-state index is 12.1. The molecule has 1 heterocycles. The van der Waals surface area contributed by atoms with Gasteiger partial charge in [0, 0.05) is 17.8 Å². The smallest absolute Gasteiger partial charge is 0.344 e. The Labute approximate surface area is 134 Å².